The van der Waals surface area contributed by atoms with E-state index in [1.165, 1.54) is 30.6 Å². The van der Waals surface area contributed by atoms with Gasteiger partial charge >= 0.3 is 0 Å². The Balaban J connectivity index is 2.27. The lowest BCUT2D eigenvalue weighted by molar-refractivity contribution is 0.457. The molecule has 0 aliphatic carbocycles. The second-order valence-electron chi connectivity index (χ2n) is 3.10. The van der Waals surface area contributed by atoms with Crippen molar-refractivity contribution in [2.45, 2.75) is 0 Å². The van der Waals surface area contributed by atoms with E-state index in [-0.39, 0.29) is 23.1 Å². The number of ether oxygens (including phenoxy) is 1. The fourth-order valence-corrected chi connectivity index (χ4v) is 1.17. The molecule has 0 aliphatic heterocycles. The molecule has 1 aromatic heterocycles. The zero-order valence-corrected chi connectivity index (χ0v) is 8.22. The number of nitrogens with two attached hydrogens (primary N) is 2. The van der Waals surface area contributed by atoms with E-state index in [4.69, 9.17) is 16.2 Å². The maximum Gasteiger partial charge on any atom is 0.224 e. The summed E-state index contributed by atoms with van der Waals surface area (Å²) in [5.74, 6) is 0.291. The zero-order chi connectivity index (χ0) is 11.5. The van der Waals surface area contributed by atoms with E-state index in [1.807, 2.05) is 0 Å². The summed E-state index contributed by atoms with van der Waals surface area (Å²) in [5, 5.41) is 0. The summed E-state index contributed by atoms with van der Waals surface area (Å²) < 4.78 is 18.3. The molecule has 0 aliphatic rings. The first-order valence-corrected chi connectivity index (χ1v) is 4.45. The summed E-state index contributed by atoms with van der Waals surface area (Å²) in [6.07, 6.45) is 1.26. The molecule has 0 radical (unpaired) electrons. The van der Waals surface area contributed by atoms with Gasteiger partial charge in [0.15, 0.2) is 0 Å². The lowest BCUT2D eigenvalue weighted by Gasteiger charge is -2.05. The molecule has 4 N–H and O–H groups in total. The zero-order valence-electron chi connectivity index (χ0n) is 8.22. The van der Waals surface area contributed by atoms with Crippen molar-refractivity contribution in [1.82, 2.24) is 9.97 Å². The van der Waals surface area contributed by atoms with E-state index in [0.29, 0.717) is 0 Å². The van der Waals surface area contributed by atoms with Crippen LogP contribution >= 0.6 is 0 Å². The molecule has 16 heavy (non-hydrogen) atoms. The SMILES string of the molecule is Nc1cc(F)cc(Oc2cc(N)ncn2)c1. The first kappa shape index (κ1) is 10.2. The standard InChI is InChI=1S/C10H9FN4O/c11-6-1-7(12)3-8(2-6)16-10-4-9(13)14-5-15-10/h1-5H,12H2,(H2,13,14,15). The topological polar surface area (TPSA) is 87.0 Å². The van der Waals surface area contributed by atoms with Gasteiger partial charge in [-0.05, 0) is 6.07 Å². The third-order valence-corrected chi connectivity index (χ3v) is 1.78. The molecule has 0 spiro atoms. The van der Waals surface area contributed by atoms with Crippen molar-refractivity contribution >= 4 is 11.5 Å². The van der Waals surface area contributed by atoms with Crippen LogP contribution in [0.15, 0.2) is 30.6 Å². The predicted octanol–water partition coefficient (Wildman–Crippen LogP) is 1.57. The Morgan fingerprint density at radius 3 is 2.56 bits per heavy atom. The average Bonchev–Trinajstić information content (AvgIpc) is 2.15. The lowest BCUT2D eigenvalue weighted by Crippen LogP contribution is -1.95. The third kappa shape index (κ3) is 2.35. The van der Waals surface area contributed by atoms with Crippen molar-refractivity contribution in [1.29, 1.82) is 0 Å². The van der Waals surface area contributed by atoms with Crippen molar-refractivity contribution in [3.63, 3.8) is 0 Å². The normalized spacial score (nSPS) is 10.1. The smallest absolute Gasteiger partial charge is 0.224 e. The number of hydrogen-bond donors (Lipinski definition) is 2. The minimum Gasteiger partial charge on any atom is -0.439 e. The minimum atomic E-state index is -0.475. The third-order valence-electron chi connectivity index (χ3n) is 1.78. The van der Waals surface area contributed by atoms with E-state index in [2.05, 4.69) is 9.97 Å². The van der Waals surface area contributed by atoms with Crippen molar-refractivity contribution in [2.75, 3.05) is 11.5 Å². The van der Waals surface area contributed by atoms with E-state index in [9.17, 15) is 4.39 Å². The molecule has 6 heteroatoms. The van der Waals surface area contributed by atoms with Crippen LogP contribution in [0, 0.1) is 5.82 Å². The van der Waals surface area contributed by atoms with Gasteiger partial charge in [0.1, 0.15) is 23.7 Å². The highest BCUT2D eigenvalue weighted by atomic mass is 19.1. The first-order chi connectivity index (χ1) is 7.63. The van der Waals surface area contributed by atoms with Crippen molar-refractivity contribution < 1.29 is 9.13 Å². The van der Waals surface area contributed by atoms with Gasteiger partial charge in [0.2, 0.25) is 5.88 Å². The van der Waals surface area contributed by atoms with Crippen LogP contribution in [0.2, 0.25) is 0 Å². The fourth-order valence-electron chi connectivity index (χ4n) is 1.17. The van der Waals surface area contributed by atoms with Crippen LogP contribution in [0.1, 0.15) is 0 Å². The van der Waals surface area contributed by atoms with Gasteiger partial charge in [0, 0.05) is 23.9 Å². The van der Waals surface area contributed by atoms with Gasteiger partial charge in [-0.25, -0.2) is 14.4 Å². The van der Waals surface area contributed by atoms with Crippen LogP contribution in [0.5, 0.6) is 11.6 Å². The Morgan fingerprint density at radius 1 is 1.06 bits per heavy atom. The molecule has 2 rings (SSSR count). The molecule has 82 valence electrons. The molecule has 0 amide bonds. The van der Waals surface area contributed by atoms with Gasteiger partial charge in [-0.2, -0.15) is 0 Å². The van der Waals surface area contributed by atoms with Crippen molar-refractivity contribution in [3.8, 4) is 11.6 Å². The number of nitrogens with zero attached hydrogens (tertiary/aromatic N) is 2. The summed E-state index contributed by atoms with van der Waals surface area (Å²) >= 11 is 0. The summed E-state index contributed by atoms with van der Waals surface area (Å²) in [6, 6.07) is 5.32. The molecule has 0 fully saturated rings. The molecule has 0 unspecified atom stereocenters. The summed E-state index contributed by atoms with van der Waals surface area (Å²) in [6.45, 7) is 0. The maximum atomic E-state index is 13.0. The molecular weight excluding hydrogens is 211 g/mol. The van der Waals surface area contributed by atoms with Crippen molar-refractivity contribution in [2.24, 2.45) is 0 Å². The second-order valence-corrected chi connectivity index (χ2v) is 3.10. The molecule has 0 bridgehead atoms. The molecule has 0 atom stereocenters. The first-order valence-electron chi connectivity index (χ1n) is 4.45. The van der Waals surface area contributed by atoms with Crippen LogP contribution in [-0.4, -0.2) is 9.97 Å². The quantitative estimate of drug-likeness (QED) is 0.750. The van der Waals surface area contributed by atoms with Gasteiger partial charge in [0.05, 0.1) is 0 Å². The molecule has 2 aromatic rings. The van der Waals surface area contributed by atoms with Gasteiger partial charge in [0.25, 0.3) is 0 Å². The predicted molar refractivity (Wildman–Crippen MR) is 57.3 cm³/mol. The molecule has 0 saturated carbocycles. The van der Waals surface area contributed by atoms with E-state index < -0.39 is 5.82 Å². The van der Waals surface area contributed by atoms with Crippen LogP contribution < -0.4 is 16.2 Å². The number of anilines is 2. The summed E-state index contributed by atoms with van der Waals surface area (Å²) in [4.78, 5) is 7.52. The average molecular weight is 220 g/mol. The molecule has 1 aromatic carbocycles. The van der Waals surface area contributed by atoms with Crippen molar-refractivity contribution in [3.05, 3.63) is 36.4 Å². The Kier molecular flexibility index (Phi) is 2.55. The molecule has 5 nitrogen and oxygen atoms in total. The number of aromatic nitrogens is 2. The van der Waals surface area contributed by atoms with Gasteiger partial charge in [-0.3, -0.25) is 0 Å². The van der Waals surface area contributed by atoms with Crippen LogP contribution in [-0.2, 0) is 0 Å². The highest BCUT2D eigenvalue weighted by Gasteiger charge is 2.02. The highest BCUT2D eigenvalue weighted by Crippen LogP contribution is 2.23. The Hall–Kier alpha value is -2.37. The van der Waals surface area contributed by atoms with Gasteiger partial charge in [-0.1, -0.05) is 0 Å². The Labute approximate surface area is 90.9 Å². The van der Waals surface area contributed by atoms with Crippen LogP contribution in [0.25, 0.3) is 0 Å². The van der Waals surface area contributed by atoms with E-state index in [1.54, 1.807) is 0 Å². The molecule has 1 heterocycles. The maximum absolute atomic E-state index is 13.0. The summed E-state index contributed by atoms with van der Waals surface area (Å²) in [7, 11) is 0. The van der Waals surface area contributed by atoms with E-state index in [0.717, 1.165) is 0 Å². The summed E-state index contributed by atoms with van der Waals surface area (Å²) in [5.41, 5.74) is 11.2. The Morgan fingerprint density at radius 2 is 1.88 bits per heavy atom. The number of rotatable bonds is 2. The monoisotopic (exact) mass is 220 g/mol. The molecule has 0 saturated heterocycles. The van der Waals surface area contributed by atoms with Crippen LogP contribution in [0.3, 0.4) is 0 Å². The number of hydrogen-bond acceptors (Lipinski definition) is 5. The fraction of sp³-hybridized carbons (Fsp3) is 0. The van der Waals surface area contributed by atoms with Gasteiger partial charge in [-0.15, -0.1) is 0 Å². The number of nitrogen functional groups attached to an aromatic ring is 2. The minimum absolute atomic E-state index is 0.234. The highest BCUT2D eigenvalue weighted by molar-refractivity contribution is 5.45. The number of halogens is 1. The lowest BCUT2D eigenvalue weighted by atomic mass is 10.3. The second kappa shape index (κ2) is 4.01. The Bertz CT molecular complexity index is 498. The van der Waals surface area contributed by atoms with E-state index >= 15 is 0 Å². The number of benzene rings is 1. The van der Waals surface area contributed by atoms with Gasteiger partial charge < -0.3 is 16.2 Å². The molecular formula is C10H9FN4O. The largest absolute Gasteiger partial charge is 0.439 e. The van der Waals surface area contributed by atoms with Crippen LogP contribution in [0.4, 0.5) is 15.9 Å².